The van der Waals surface area contributed by atoms with Gasteiger partial charge in [-0.15, -0.1) is 0 Å². The number of nitro groups is 1. The molecule has 1 amide bonds. The van der Waals surface area contributed by atoms with Gasteiger partial charge in [-0.2, -0.15) is 0 Å². The molecule has 0 bridgehead atoms. The van der Waals surface area contributed by atoms with Gasteiger partial charge in [0.15, 0.2) is 11.5 Å². The molecule has 0 unspecified atom stereocenters. The van der Waals surface area contributed by atoms with E-state index >= 15 is 0 Å². The first kappa shape index (κ1) is 14.0. The van der Waals surface area contributed by atoms with Gasteiger partial charge in [0.25, 0.3) is 5.69 Å². The number of nitrogens with one attached hydrogen (secondary N) is 1. The molecule has 1 aliphatic heterocycles. The van der Waals surface area contributed by atoms with Gasteiger partial charge in [0, 0.05) is 19.2 Å². The first-order chi connectivity index (χ1) is 9.50. The van der Waals surface area contributed by atoms with Crippen molar-refractivity contribution in [1.82, 2.24) is 0 Å². The summed E-state index contributed by atoms with van der Waals surface area (Å²) in [6.45, 7) is 1.31. The molecule has 2 rings (SSSR count). The van der Waals surface area contributed by atoms with Gasteiger partial charge < -0.3 is 10.0 Å². The average molecular weight is 283 g/mol. The third kappa shape index (κ3) is 2.79. The van der Waals surface area contributed by atoms with Gasteiger partial charge >= 0.3 is 6.09 Å². The number of nitro benzene ring substituents is 1. The highest BCUT2D eigenvalue weighted by atomic mass is 19.1. The Morgan fingerprint density at radius 3 is 2.55 bits per heavy atom. The lowest BCUT2D eigenvalue weighted by Gasteiger charge is -2.29. The lowest BCUT2D eigenvalue weighted by molar-refractivity contribution is -0.384. The number of nitrogens with zero attached hydrogens (tertiary/aromatic N) is 2. The maximum Gasteiger partial charge on any atom is 0.409 e. The predicted molar refractivity (Wildman–Crippen MR) is 70.8 cm³/mol. The van der Waals surface area contributed by atoms with E-state index in [2.05, 4.69) is 0 Å². The quantitative estimate of drug-likeness (QED) is 0.657. The van der Waals surface area contributed by atoms with E-state index in [9.17, 15) is 19.3 Å². The van der Waals surface area contributed by atoms with E-state index in [0.29, 0.717) is 13.1 Å². The smallest absolute Gasteiger partial charge is 0.409 e. The van der Waals surface area contributed by atoms with E-state index in [-0.39, 0.29) is 5.69 Å². The van der Waals surface area contributed by atoms with Crippen LogP contribution < -0.4 is 10.2 Å². The number of anilines is 2. The molecule has 1 fully saturated rings. The lowest BCUT2D eigenvalue weighted by Crippen LogP contribution is -2.30. The molecule has 8 heteroatoms. The van der Waals surface area contributed by atoms with Crippen molar-refractivity contribution in [3.05, 3.63) is 28.1 Å². The van der Waals surface area contributed by atoms with Crippen LogP contribution in [0.4, 0.5) is 26.2 Å². The number of halogens is 1. The number of benzene rings is 1. The second-order valence-electron chi connectivity index (χ2n) is 4.53. The summed E-state index contributed by atoms with van der Waals surface area (Å²) in [4.78, 5) is 22.5. The van der Waals surface area contributed by atoms with E-state index in [4.69, 9.17) is 5.11 Å². The fraction of sp³-hybridized carbons (Fsp3) is 0.417. The van der Waals surface area contributed by atoms with E-state index in [0.717, 1.165) is 25.3 Å². The van der Waals surface area contributed by atoms with Crippen LogP contribution in [0.1, 0.15) is 19.3 Å². The Bertz CT molecular complexity index is 544. The highest BCUT2D eigenvalue weighted by Crippen LogP contribution is 2.35. The van der Waals surface area contributed by atoms with Crippen LogP contribution in [0.25, 0.3) is 0 Å². The van der Waals surface area contributed by atoms with E-state index in [1.165, 1.54) is 6.07 Å². The van der Waals surface area contributed by atoms with Crippen molar-refractivity contribution < 1.29 is 19.2 Å². The zero-order chi connectivity index (χ0) is 14.7. The molecule has 108 valence electrons. The Balaban J connectivity index is 2.44. The van der Waals surface area contributed by atoms with Gasteiger partial charge in [-0.05, 0) is 25.3 Å². The molecule has 0 saturated carbocycles. The maximum atomic E-state index is 14.4. The van der Waals surface area contributed by atoms with Crippen LogP contribution in [0.2, 0.25) is 0 Å². The predicted octanol–water partition coefficient (Wildman–Crippen LogP) is 2.81. The second-order valence-corrected chi connectivity index (χ2v) is 4.53. The Morgan fingerprint density at radius 2 is 2.00 bits per heavy atom. The van der Waals surface area contributed by atoms with Crippen molar-refractivity contribution in [2.45, 2.75) is 19.3 Å². The molecule has 0 aromatic heterocycles. The van der Waals surface area contributed by atoms with Crippen LogP contribution in [0.5, 0.6) is 0 Å². The van der Waals surface area contributed by atoms with Crippen LogP contribution in [0, 0.1) is 15.9 Å². The number of carbonyl (C=O) groups is 1. The Labute approximate surface area is 114 Å². The molecule has 0 spiro atoms. The van der Waals surface area contributed by atoms with Crippen molar-refractivity contribution >= 4 is 23.2 Å². The Kier molecular flexibility index (Phi) is 4.02. The van der Waals surface area contributed by atoms with Crippen LogP contribution in [0.15, 0.2) is 12.1 Å². The fourth-order valence-corrected chi connectivity index (χ4v) is 2.31. The highest BCUT2D eigenvalue weighted by molar-refractivity contribution is 5.88. The zero-order valence-corrected chi connectivity index (χ0v) is 10.6. The molecule has 1 aromatic rings. The molecule has 1 aromatic carbocycles. The van der Waals surface area contributed by atoms with Gasteiger partial charge in [0.2, 0.25) is 0 Å². The number of amides is 1. The standard InChI is InChI=1S/C12H14FN3O4/c13-10-8(15-6-2-1-3-7-15)4-5-9(16(19)20)11(10)14-12(17)18/h4-5,14H,1-3,6-7H2,(H,17,18). The normalized spacial score (nSPS) is 14.9. The molecule has 1 aliphatic rings. The van der Waals surface area contributed by atoms with Crippen LogP contribution in [-0.2, 0) is 0 Å². The highest BCUT2D eigenvalue weighted by Gasteiger charge is 2.25. The first-order valence-electron chi connectivity index (χ1n) is 6.22. The molecule has 7 nitrogen and oxygen atoms in total. The van der Waals surface area contributed by atoms with E-state index < -0.39 is 28.2 Å². The zero-order valence-electron chi connectivity index (χ0n) is 10.6. The SMILES string of the molecule is O=C(O)Nc1c([N+](=O)[O-])ccc(N2CCCCC2)c1F. The van der Waals surface area contributed by atoms with E-state index in [1.54, 1.807) is 10.2 Å². The Morgan fingerprint density at radius 1 is 1.35 bits per heavy atom. The molecule has 0 atom stereocenters. The topological polar surface area (TPSA) is 95.7 Å². The van der Waals surface area contributed by atoms with Gasteiger partial charge in [-0.3, -0.25) is 15.4 Å². The monoisotopic (exact) mass is 283 g/mol. The minimum absolute atomic E-state index is 0.194. The average Bonchev–Trinajstić information content (AvgIpc) is 2.41. The molecule has 2 N–H and O–H groups in total. The minimum Gasteiger partial charge on any atom is -0.465 e. The van der Waals surface area contributed by atoms with Crippen molar-refractivity contribution in [3.63, 3.8) is 0 Å². The van der Waals surface area contributed by atoms with Crippen molar-refractivity contribution in [2.24, 2.45) is 0 Å². The number of hydrogen-bond acceptors (Lipinski definition) is 4. The third-order valence-electron chi connectivity index (χ3n) is 3.22. The van der Waals surface area contributed by atoms with Crippen LogP contribution >= 0.6 is 0 Å². The summed E-state index contributed by atoms with van der Waals surface area (Å²) in [5.74, 6) is -0.900. The largest absolute Gasteiger partial charge is 0.465 e. The summed E-state index contributed by atoms with van der Waals surface area (Å²) in [5.41, 5.74) is -1.00. The van der Waals surface area contributed by atoms with Gasteiger partial charge in [-0.25, -0.2) is 9.18 Å². The molecular formula is C12H14FN3O4. The summed E-state index contributed by atoms with van der Waals surface area (Å²) in [5, 5.41) is 21.3. The summed E-state index contributed by atoms with van der Waals surface area (Å²) in [7, 11) is 0. The third-order valence-corrected chi connectivity index (χ3v) is 3.22. The van der Waals surface area contributed by atoms with Gasteiger partial charge in [0.1, 0.15) is 0 Å². The molecule has 1 saturated heterocycles. The molecular weight excluding hydrogens is 269 g/mol. The minimum atomic E-state index is -1.54. The Hall–Kier alpha value is -2.38. The summed E-state index contributed by atoms with van der Waals surface area (Å²) < 4.78 is 14.4. The van der Waals surface area contributed by atoms with Gasteiger partial charge in [-0.1, -0.05) is 0 Å². The maximum absolute atomic E-state index is 14.4. The number of rotatable bonds is 3. The van der Waals surface area contributed by atoms with Crippen molar-refractivity contribution in [2.75, 3.05) is 23.3 Å². The first-order valence-corrected chi connectivity index (χ1v) is 6.22. The summed E-state index contributed by atoms with van der Waals surface area (Å²) in [6, 6.07) is 2.45. The molecule has 1 heterocycles. The lowest BCUT2D eigenvalue weighted by atomic mass is 10.1. The van der Waals surface area contributed by atoms with Gasteiger partial charge in [0.05, 0.1) is 10.6 Å². The molecule has 0 aliphatic carbocycles. The molecule has 0 radical (unpaired) electrons. The number of carboxylic acid groups (broad SMARTS) is 1. The molecule has 20 heavy (non-hydrogen) atoms. The van der Waals surface area contributed by atoms with Crippen LogP contribution in [0.3, 0.4) is 0 Å². The summed E-state index contributed by atoms with van der Waals surface area (Å²) in [6.07, 6.45) is 1.35. The summed E-state index contributed by atoms with van der Waals surface area (Å²) >= 11 is 0. The van der Waals surface area contributed by atoms with Crippen molar-refractivity contribution in [1.29, 1.82) is 0 Å². The van der Waals surface area contributed by atoms with Crippen LogP contribution in [-0.4, -0.2) is 29.2 Å². The number of hydrogen-bond donors (Lipinski definition) is 2. The fourth-order valence-electron chi connectivity index (χ4n) is 2.31. The number of piperidine rings is 1. The van der Waals surface area contributed by atoms with Crippen molar-refractivity contribution in [3.8, 4) is 0 Å². The van der Waals surface area contributed by atoms with E-state index in [1.807, 2.05) is 0 Å². The second kappa shape index (κ2) is 5.72.